The van der Waals surface area contributed by atoms with Gasteiger partial charge in [-0.3, -0.25) is 0 Å². The van der Waals surface area contributed by atoms with E-state index in [1.165, 1.54) is 4.31 Å². The summed E-state index contributed by atoms with van der Waals surface area (Å²) < 4.78 is 34.6. The van der Waals surface area contributed by atoms with Gasteiger partial charge >= 0.3 is 0 Å². The van der Waals surface area contributed by atoms with E-state index in [2.05, 4.69) is 0 Å². The lowest BCUT2D eigenvalue weighted by Crippen LogP contribution is -2.42. The summed E-state index contributed by atoms with van der Waals surface area (Å²) in [7, 11) is -3.67. The van der Waals surface area contributed by atoms with Gasteiger partial charge in [0.25, 0.3) is 0 Å². The Hall–Kier alpha value is -2.47. The van der Waals surface area contributed by atoms with Gasteiger partial charge in [-0.15, -0.1) is 0 Å². The predicted molar refractivity (Wildman–Crippen MR) is 109 cm³/mol. The summed E-state index contributed by atoms with van der Waals surface area (Å²) in [5.41, 5.74) is 2.92. The number of benzene rings is 3. The van der Waals surface area contributed by atoms with Crippen molar-refractivity contribution in [3.05, 3.63) is 102 Å². The third-order valence-electron chi connectivity index (χ3n) is 5.05. The molecule has 4 rings (SSSR count). The Morgan fingerprint density at radius 3 is 2.00 bits per heavy atom. The van der Waals surface area contributed by atoms with Crippen LogP contribution in [0.1, 0.15) is 35.4 Å². The Balaban J connectivity index is 1.71. The fourth-order valence-corrected chi connectivity index (χ4v) is 5.04. The highest BCUT2D eigenvalue weighted by molar-refractivity contribution is 7.89. The van der Waals surface area contributed by atoms with E-state index in [0.717, 1.165) is 16.7 Å². The molecule has 2 atom stereocenters. The molecule has 0 aliphatic carbocycles. The van der Waals surface area contributed by atoms with E-state index in [1.54, 1.807) is 12.1 Å². The molecule has 0 saturated carbocycles. The summed E-state index contributed by atoms with van der Waals surface area (Å²) in [6, 6.07) is 26.5. The second-order valence-corrected chi connectivity index (χ2v) is 8.91. The fraction of sp³-hybridized carbons (Fsp3) is 0.217. The van der Waals surface area contributed by atoms with E-state index in [9.17, 15) is 8.42 Å². The number of hydrogen-bond acceptors (Lipinski definition) is 3. The highest BCUT2D eigenvalue weighted by Crippen LogP contribution is 2.39. The lowest BCUT2D eigenvalue weighted by Gasteiger charge is -2.39. The molecule has 1 fully saturated rings. The lowest BCUT2D eigenvalue weighted by atomic mass is 10.0. The molecular formula is C23H23NO3S. The van der Waals surface area contributed by atoms with Crippen molar-refractivity contribution in [1.82, 2.24) is 4.31 Å². The summed E-state index contributed by atoms with van der Waals surface area (Å²) in [5, 5.41) is 0. The van der Waals surface area contributed by atoms with E-state index in [0.29, 0.717) is 17.9 Å². The van der Waals surface area contributed by atoms with Gasteiger partial charge in [-0.1, -0.05) is 78.4 Å². The van der Waals surface area contributed by atoms with E-state index >= 15 is 0 Å². The van der Waals surface area contributed by atoms with Crippen molar-refractivity contribution in [2.24, 2.45) is 0 Å². The van der Waals surface area contributed by atoms with Gasteiger partial charge in [0.15, 0.2) is 6.23 Å². The van der Waals surface area contributed by atoms with Crippen molar-refractivity contribution >= 4 is 10.0 Å². The van der Waals surface area contributed by atoms with Crippen LogP contribution in [-0.4, -0.2) is 19.3 Å². The maximum absolute atomic E-state index is 13.4. The number of aryl methyl sites for hydroxylation is 1. The smallest absolute Gasteiger partial charge is 0.245 e. The van der Waals surface area contributed by atoms with Gasteiger partial charge in [-0.2, -0.15) is 4.31 Å². The van der Waals surface area contributed by atoms with Gasteiger partial charge in [0, 0.05) is 6.54 Å². The standard InChI is InChI=1S/C23H23NO3S/c1-18-12-14-21(15-13-18)28(25,26)24-17-16-22(19-8-4-2-5-9-19)27-23(24)20-10-6-3-7-11-20/h2-15,22-23H,16-17H2,1H3/t22-,23+/m1/s1. The predicted octanol–water partition coefficient (Wildman–Crippen LogP) is 4.85. The van der Waals surface area contributed by atoms with Crippen LogP contribution < -0.4 is 0 Å². The molecule has 0 aromatic heterocycles. The van der Waals surface area contributed by atoms with Crippen molar-refractivity contribution < 1.29 is 13.2 Å². The first-order valence-corrected chi connectivity index (χ1v) is 10.8. The molecule has 3 aromatic rings. The van der Waals surface area contributed by atoms with Crippen molar-refractivity contribution in [1.29, 1.82) is 0 Å². The van der Waals surface area contributed by atoms with Gasteiger partial charge in [0.05, 0.1) is 11.0 Å². The average molecular weight is 394 g/mol. The third kappa shape index (κ3) is 3.74. The Labute approximate surface area is 166 Å². The number of rotatable bonds is 4. The van der Waals surface area contributed by atoms with Crippen LogP contribution in [0, 0.1) is 6.92 Å². The Morgan fingerprint density at radius 2 is 1.39 bits per heavy atom. The summed E-state index contributed by atoms with van der Waals surface area (Å²) in [6.45, 7) is 2.34. The molecular weight excluding hydrogens is 370 g/mol. The van der Waals surface area contributed by atoms with Crippen molar-refractivity contribution in [3.8, 4) is 0 Å². The third-order valence-corrected chi connectivity index (χ3v) is 6.91. The molecule has 1 aliphatic rings. The van der Waals surface area contributed by atoms with Crippen molar-refractivity contribution in [2.45, 2.75) is 30.6 Å². The van der Waals surface area contributed by atoms with Gasteiger partial charge in [-0.25, -0.2) is 8.42 Å². The van der Waals surface area contributed by atoms with E-state index < -0.39 is 16.3 Å². The highest BCUT2D eigenvalue weighted by Gasteiger charge is 2.38. The van der Waals surface area contributed by atoms with Crippen LogP contribution in [0.5, 0.6) is 0 Å². The number of ether oxygens (including phenoxy) is 1. The average Bonchev–Trinajstić information content (AvgIpc) is 2.75. The second-order valence-electron chi connectivity index (χ2n) is 7.02. The highest BCUT2D eigenvalue weighted by atomic mass is 32.2. The lowest BCUT2D eigenvalue weighted by molar-refractivity contribution is -0.111. The van der Waals surface area contributed by atoms with Crippen LogP contribution in [0.4, 0.5) is 0 Å². The number of sulfonamides is 1. The van der Waals surface area contributed by atoms with Gasteiger partial charge in [0.2, 0.25) is 10.0 Å². The normalized spacial score (nSPS) is 20.8. The fourth-order valence-electron chi connectivity index (χ4n) is 3.52. The zero-order chi connectivity index (χ0) is 19.6. The summed E-state index contributed by atoms with van der Waals surface area (Å²) in [6.07, 6.45) is -0.194. The van der Waals surface area contributed by atoms with Crippen LogP contribution in [-0.2, 0) is 14.8 Å². The first-order valence-electron chi connectivity index (χ1n) is 9.39. The Morgan fingerprint density at radius 1 is 0.821 bits per heavy atom. The zero-order valence-electron chi connectivity index (χ0n) is 15.7. The minimum atomic E-state index is -3.67. The van der Waals surface area contributed by atoms with Crippen LogP contribution in [0.15, 0.2) is 89.8 Å². The quantitative estimate of drug-likeness (QED) is 0.637. The molecule has 1 heterocycles. The second kappa shape index (κ2) is 7.87. The van der Waals surface area contributed by atoms with Gasteiger partial charge in [0.1, 0.15) is 0 Å². The minimum Gasteiger partial charge on any atom is -0.350 e. The van der Waals surface area contributed by atoms with E-state index in [4.69, 9.17) is 4.74 Å². The molecule has 0 radical (unpaired) electrons. The molecule has 1 aliphatic heterocycles. The SMILES string of the molecule is Cc1ccc(S(=O)(=O)N2CC[C@H](c3ccccc3)O[C@H]2c2ccccc2)cc1. The molecule has 5 heteroatoms. The molecule has 144 valence electrons. The van der Waals surface area contributed by atoms with Crippen molar-refractivity contribution in [3.63, 3.8) is 0 Å². The van der Waals surface area contributed by atoms with Crippen LogP contribution in [0.3, 0.4) is 0 Å². The van der Waals surface area contributed by atoms with Crippen LogP contribution in [0.25, 0.3) is 0 Å². The van der Waals surface area contributed by atoms with E-state index in [-0.39, 0.29) is 6.10 Å². The summed E-state index contributed by atoms with van der Waals surface area (Å²) in [5.74, 6) is 0. The minimum absolute atomic E-state index is 0.143. The van der Waals surface area contributed by atoms with Crippen LogP contribution in [0.2, 0.25) is 0 Å². The molecule has 0 spiro atoms. The Kier molecular flexibility index (Phi) is 5.31. The maximum Gasteiger partial charge on any atom is 0.245 e. The molecule has 28 heavy (non-hydrogen) atoms. The van der Waals surface area contributed by atoms with E-state index in [1.807, 2.05) is 79.7 Å². The molecule has 0 unspecified atom stereocenters. The number of hydrogen-bond donors (Lipinski definition) is 0. The van der Waals surface area contributed by atoms with Gasteiger partial charge in [-0.05, 0) is 36.6 Å². The largest absolute Gasteiger partial charge is 0.350 e. The Bertz CT molecular complexity index is 1020. The first kappa shape index (κ1) is 18.9. The van der Waals surface area contributed by atoms with Gasteiger partial charge < -0.3 is 4.74 Å². The summed E-state index contributed by atoms with van der Waals surface area (Å²) in [4.78, 5) is 0.292. The topological polar surface area (TPSA) is 46.6 Å². The molecule has 0 N–H and O–H groups in total. The van der Waals surface area contributed by atoms with Crippen molar-refractivity contribution in [2.75, 3.05) is 6.54 Å². The molecule has 4 nitrogen and oxygen atoms in total. The molecule has 3 aromatic carbocycles. The molecule has 1 saturated heterocycles. The zero-order valence-corrected chi connectivity index (χ0v) is 16.5. The monoisotopic (exact) mass is 393 g/mol. The first-order chi connectivity index (χ1) is 13.6. The molecule has 0 amide bonds. The molecule has 0 bridgehead atoms. The maximum atomic E-state index is 13.4. The van der Waals surface area contributed by atoms with Crippen LogP contribution >= 0.6 is 0 Å². The summed E-state index contributed by atoms with van der Waals surface area (Å²) >= 11 is 0. The number of nitrogens with zero attached hydrogens (tertiary/aromatic N) is 1.